The average Bonchev–Trinajstić information content (AvgIpc) is 2.39. The van der Waals surface area contributed by atoms with Crippen LogP contribution in [0.2, 0.25) is 0 Å². The topological polar surface area (TPSA) is 68.1 Å². The van der Waals surface area contributed by atoms with Gasteiger partial charge in [-0.25, -0.2) is 4.98 Å². The number of aromatic nitrogens is 1. The van der Waals surface area contributed by atoms with E-state index in [1.807, 2.05) is 25.1 Å². The first-order valence-corrected chi connectivity index (χ1v) is 6.87. The van der Waals surface area contributed by atoms with Gasteiger partial charge in [-0.2, -0.15) is 0 Å². The maximum atomic E-state index is 10.7. The number of nitrogens with zero attached hydrogens (tertiary/aromatic N) is 2. The SMILES string of the molecule is Cc1ccc(Br)cc1CNc1ccc([N+](=O)[O-])c(C)n1. The molecule has 20 heavy (non-hydrogen) atoms. The first-order chi connectivity index (χ1) is 9.47. The number of hydrogen-bond donors (Lipinski definition) is 1. The highest BCUT2D eigenvalue weighted by molar-refractivity contribution is 9.10. The lowest BCUT2D eigenvalue weighted by Gasteiger charge is -2.09. The van der Waals surface area contributed by atoms with Crippen molar-refractivity contribution in [2.45, 2.75) is 20.4 Å². The van der Waals surface area contributed by atoms with Crippen molar-refractivity contribution in [1.29, 1.82) is 0 Å². The molecule has 0 fully saturated rings. The van der Waals surface area contributed by atoms with Gasteiger partial charge in [0.1, 0.15) is 11.5 Å². The second-order valence-electron chi connectivity index (χ2n) is 4.48. The third-order valence-corrected chi connectivity index (χ3v) is 3.52. The lowest BCUT2D eigenvalue weighted by molar-refractivity contribution is -0.385. The Labute approximate surface area is 125 Å². The van der Waals surface area contributed by atoms with Crippen molar-refractivity contribution < 1.29 is 4.92 Å². The van der Waals surface area contributed by atoms with Crippen LogP contribution in [-0.2, 0) is 6.54 Å². The van der Waals surface area contributed by atoms with Gasteiger partial charge in [0.25, 0.3) is 5.69 Å². The van der Waals surface area contributed by atoms with E-state index < -0.39 is 4.92 Å². The third kappa shape index (κ3) is 3.33. The fraction of sp³-hybridized carbons (Fsp3) is 0.214. The number of anilines is 1. The smallest absolute Gasteiger partial charge is 0.290 e. The Bertz CT molecular complexity index is 659. The Morgan fingerprint density at radius 1 is 1.30 bits per heavy atom. The number of nitro groups is 1. The largest absolute Gasteiger partial charge is 0.366 e. The Hall–Kier alpha value is -1.95. The Kier molecular flexibility index (Phi) is 4.34. The fourth-order valence-electron chi connectivity index (χ4n) is 1.86. The summed E-state index contributed by atoms with van der Waals surface area (Å²) in [5, 5.41) is 13.9. The van der Waals surface area contributed by atoms with Crippen molar-refractivity contribution in [2.75, 3.05) is 5.32 Å². The van der Waals surface area contributed by atoms with Crippen molar-refractivity contribution in [2.24, 2.45) is 0 Å². The van der Waals surface area contributed by atoms with Gasteiger partial charge in [-0.05, 0) is 43.2 Å². The molecule has 1 aromatic carbocycles. The molecule has 1 heterocycles. The molecule has 2 rings (SSSR count). The van der Waals surface area contributed by atoms with Gasteiger partial charge in [0.05, 0.1) is 4.92 Å². The van der Waals surface area contributed by atoms with Crippen LogP contribution in [0.15, 0.2) is 34.8 Å². The van der Waals surface area contributed by atoms with Crippen LogP contribution >= 0.6 is 15.9 Å². The molecule has 0 aliphatic heterocycles. The van der Waals surface area contributed by atoms with Crippen LogP contribution in [0.3, 0.4) is 0 Å². The van der Waals surface area contributed by atoms with Crippen LogP contribution in [0.1, 0.15) is 16.8 Å². The van der Waals surface area contributed by atoms with Gasteiger partial charge < -0.3 is 5.32 Å². The third-order valence-electron chi connectivity index (χ3n) is 3.03. The molecule has 6 heteroatoms. The highest BCUT2D eigenvalue weighted by atomic mass is 79.9. The van der Waals surface area contributed by atoms with E-state index in [1.165, 1.54) is 11.6 Å². The molecule has 0 atom stereocenters. The van der Waals surface area contributed by atoms with E-state index in [0.29, 0.717) is 18.1 Å². The van der Waals surface area contributed by atoms with Gasteiger partial charge in [-0.1, -0.05) is 22.0 Å². The maximum absolute atomic E-state index is 10.7. The minimum Gasteiger partial charge on any atom is -0.366 e. The molecule has 1 N–H and O–H groups in total. The molecule has 0 aliphatic carbocycles. The van der Waals surface area contributed by atoms with E-state index >= 15 is 0 Å². The van der Waals surface area contributed by atoms with E-state index in [4.69, 9.17) is 0 Å². The fourth-order valence-corrected chi connectivity index (χ4v) is 2.27. The molecule has 1 aromatic heterocycles. The second-order valence-corrected chi connectivity index (χ2v) is 5.40. The number of aryl methyl sites for hydroxylation is 2. The first kappa shape index (κ1) is 14.5. The molecule has 0 amide bonds. The zero-order valence-electron chi connectivity index (χ0n) is 11.2. The number of halogens is 1. The van der Waals surface area contributed by atoms with Gasteiger partial charge in [0.15, 0.2) is 0 Å². The Morgan fingerprint density at radius 3 is 2.70 bits per heavy atom. The van der Waals surface area contributed by atoms with E-state index in [-0.39, 0.29) is 5.69 Å². The highest BCUT2D eigenvalue weighted by Crippen LogP contribution is 2.20. The lowest BCUT2D eigenvalue weighted by atomic mass is 10.1. The lowest BCUT2D eigenvalue weighted by Crippen LogP contribution is -2.04. The molecule has 0 bridgehead atoms. The summed E-state index contributed by atoms with van der Waals surface area (Å²) in [6, 6.07) is 9.17. The van der Waals surface area contributed by atoms with E-state index in [9.17, 15) is 10.1 Å². The van der Waals surface area contributed by atoms with Crippen molar-refractivity contribution in [3.8, 4) is 0 Å². The van der Waals surface area contributed by atoms with Crippen molar-refractivity contribution in [3.05, 3.63) is 61.7 Å². The molecule has 0 aliphatic rings. The average molecular weight is 336 g/mol. The summed E-state index contributed by atoms with van der Waals surface area (Å²) in [4.78, 5) is 14.5. The summed E-state index contributed by atoms with van der Waals surface area (Å²) >= 11 is 3.44. The molecule has 2 aromatic rings. The summed E-state index contributed by atoms with van der Waals surface area (Å²) in [7, 11) is 0. The molecule has 0 saturated carbocycles. The number of nitrogens with one attached hydrogen (secondary N) is 1. The minimum absolute atomic E-state index is 0.0363. The number of hydrogen-bond acceptors (Lipinski definition) is 4. The summed E-state index contributed by atoms with van der Waals surface area (Å²) in [6.45, 7) is 4.29. The Morgan fingerprint density at radius 2 is 2.05 bits per heavy atom. The summed E-state index contributed by atoms with van der Waals surface area (Å²) in [5.74, 6) is 0.632. The van der Waals surface area contributed by atoms with Gasteiger partial charge >= 0.3 is 0 Å². The van der Waals surface area contributed by atoms with Gasteiger partial charge in [0.2, 0.25) is 0 Å². The summed E-state index contributed by atoms with van der Waals surface area (Å²) < 4.78 is 1.02. The minimum atomic E-state index is -0.426. The summed E-state index contributed by atoms with van der Waals surface area (Å²) in [5.41, 5.74) is 2.77. The molecule has 0 radical (unpaired) electrons. The van der Waals surface area contributed by atoms with E-state index in [2.05, 4.69) is 26.2 Å². The van der Waals surface area contributed by atoms with Crippen LogP contribution in [0, 0.1) is 24.0 Å². The summed E-state index contributed by atoms with van der Waals surface area (Å²) in [6.07, 6.45) is 0. The van der Waals surface area contributed by atoms with Crippen LogP contribution in [-0.4, -0.2) is 9.91 Å². The van der Waals surface area contributed by atoms with Gasteiger partial charge in [0, 0.05) is 17.1 Å². The standard InChI is InChI=1S/C14H14BrN3O2/c1-9-3-4-12(15)7-11(9)8-16-14-6-5-13(18(19)20)10(2)17-14/h3-7H,8H2,1-2H3,(H,16,17). The Balaban J connectivity index is 2.13. The molecular formula is C14H14BrN3O2. The quantitative estimate of drug-likeness (QED) is 0.677. The number of benzene rings is 1. The maximum Gasteiger partial charge on any atom is 0.290 e. The predicted octanol–water partition coefficient (Wildman–Crippen LogP) is 3.98. The van der Waals surface area contributed by atoms with Crippen LogP contribution < -0.4 is 5.32 Å². The van der Waals surface area contributed by atoms with E-state index in [1.54, 1.807) is 13.0 Å². The van der Waals surface area contributed by atoms with Crippen molar-refractivity contribution >= 4 is 27.4 Å². The second kappa shape index (κ2) is 6.00. The zero-order chi connectivity index (χ0) is 14.7. The van der Waals surface area contributed by atoms with E-state index in [0.717, 1.165) is 10.0 Å². The predicted molar refractivity (Wildman–Crippen MR) is 81.8 cm³/mol. The molecule has 104 valence electrons. The molecule has 0 spiro atoms. The molecular weight excluding hydrogens is 322 g/mol. The van der Waals surface area contributed by atoms with Crippen LogP contribution in [0.25, 0.3) is 0 Å². The van der Waals surface area contributed by atoms with Gasteiger partial charge in [-0.15, -0.1) is 0 Å². The van der Waals surface area contributed by atoms with Crippen molar-refractivity contribution in [3.63, 3.8) is 0 Å². The van der Waals surface area contributed by atoms with Crippen LogP contribution in [0.4, 0.5) is 11.5 Å². The molecule has 0 unspecified atom stereocenters. The first-order valence-electron chi connectivity index (χ1n) is 6.08. The van der Waals surface area contributed by atoms with Crippen LogP contribution in [0.5, 0.6) is 0 Å². The van der Waals surface area contributed by atoms with Crippen molar-refractivity contribution in [1.82, 2.24) is 4.98 Å². The molecule has 0 saturated heterocycles. The zero-order valence-corrected chi connectivity index (χ0v) is 12.8. The normalized spacial score (nSPS) is 10.3. The molecule has 5 nitrogen and oxygen atoms in total. The number of rotatable bonds is 4. The monoisotopic (exact) mass is 335 g/mol. The number of pyridine rings is 1. The van der Waals surface area contributed by atoms with Gasteiger partial charge in [-0.3, -0.25) is 10.1 Å². The highest BCUT2D eigenvalue weighted by Gasteiger charge is 2.11.